The molecule has 0 aliphatic carbocycles. The summed E-state index contributed by atoms with van der Waals surface area (Å²) in [5, 5.41) is 9.65. The average molecular weight is 610 g/mol. The Morgan fingerprint density at radius 3 is 1.43 bits per heavy atom. The van der Waals surface area contributed by atoms with Crippen LogP contribution >= 0.6 is 0 Å². The van der Waals surface area contributed by atoms with Crippen LogP contribution in [-0.2, 0) is 9.47 Å². The zero-order valence-corrected chi connectivity index (χ0v) is 25.0. The van der Waals surface area contributed by atoms with Crippen LogP contribution in [0.15, 0.2) is 103 Å². The lowest BCUT2D eigenvalue weighted by molar-refractivity contribution is 0.0516. The van der Waals surface area contributed by atoms with Crippen molar-refractivity contribution in [3.8, 4) is 45.3 Å². The Morgan fingerprint density at radius 2 is 1.02 bits per heavy atom. The zero-order chi connectivity index (χ0) is 31.6. The predicted molar refractivity (Wildman–Crippen MR) is 171 cm³/mol. The number of ether oxygens (including phenoxy) is 2. The van der Waals surface area contributed by atoms with E-state index in [1.54, 1.807) is 41.1 Å². The summed E-state index contributed by atoms with van der Waals surface area (Å²) in [5.41, 5.74) is 6.16. The fourth-order valence-corrected chi connectivity index (χ4v) is 5.28. The minimum Gasteiger partial charge on any atom is -0.462 e. The van der Waals surface area contributed by atoms with Gasteiger partial charge in [-0.05, 0) is 26.0 Å². The fourth-order valence-electron chi connectivity index (χ4n) is 5.28. The first-order valence-electron chi connectivity index (χ1n) is 14.8. The molecule has 7 aromatic rings. The molecule has 5 aromatic heterocycles. The maximum atomic E-state index is 13.2. The molecule has 0 saturated heterocycles. The molecule has 0 saturated carbocycles. The van der Waals surface area contributed by atoms with Gasteiger partial charge in [0.15, 0.2) is 11.3 Å². The van der Waals surface area contributed by atoms with Crippen molar-refractivity contribution in [2.75, 3.05) is 13.2 Å². The van der Waals surface area contributed by atoms with Gasteiger partial charge < -0.3 is 9.47 Å². The molecule has 0 aliphatic heterocycles. The van der Waals surface area contributed by atoms with E-state index in [9.17, 15) is 9.59 Å². The lowest BCUT2D eigenvalue weighted by Gasteiger charge is -2.13. The summed E-state index contributed by atoms with van der Waals surface area (Å²) in [5.74, 6) is -1.12. The molecular weight excluding hydrogens is 582 g/mol. The SMILES string of the molecule is CCOC(=O)c1cnc2cc(-c3ccccc3)nn2c1-c1cccc(-c2c(C(=O)OCC)cnc3cc(-c4ccccc4)nn23)n1. The number of carbonyl (C=O) groups is 2. The second-order valence-corrected chi connectivity index (χ2v) is 10.2. The Morgan fingerprint density at radius 1 is 0.587 bits per heavy atom. The van der Waals surface area contributed by atoms with Crippen LogP contribution in [0.25, 0.3) is 56.6 Å². The number of hydrogen-bond acceptors (Lipinski definition) is 9. The van der Waals surface area contributed by atoms with E-state index >= 15 is 0 Å². The van der Waals surface area contributed by atoms with Crippen molar-refractivity contribution < 1.29 is 19.1 Å². The fraction of sp³-hybridized carbons (Fsp3) is 0.114. The van der Waals surface area contributed by atoms with Gasteiger partial charge in [0.1, 0.15) is 22.5 Å². The minimum absolute atomic E-state index is 0.180. The van der Waals surface area contributed by atoms with Crippen molar-refractivity contribution in [2.24, 2.45) is 0 Å². The molecule has 46 heavy (non-hydrogen) atoms. The van der Waals surface area contributed by atoms with Gasteiger partial charge in [-0.15, -0.1) is 0 Å². The summed E-state index contributed by atoms with van der Waals surface area (Å²) in [6, 6.07) is 28.4. The minimum atomic E-state index is -0.561. The first-order valence-corrected chi connectivity index (χ1v) is 14.8. The van der Waals surface area contributed by atoms with Crippen molar-refractivity contribution in [3.63, 3.8) is 0 Å². The van der Waals surface area contributed by atoms with Gasteiger partial charge in [0, 0.05) is 35.7 Å². The number of hydrogen-bond donors (Lipinski definition) is 0. The first-order chi connectivity index (χ1) is 22.6. The van der Waals surface area contributed by atoms with Gasteiger partial charge in [0.25, 0.3) is 0 Å². The second kappa shape index (κ2) is 12.0. The highest BCUT2D eigenvalue weighted by Crippen LogP contribution is 2.31. The molecule has 0 spiro atoms. The van der Waals surface area contributed by atoms with E-state index < -0.39 is 11.9 Å². The van der Waals surface area contributed by atoms with Gasteiger partial charge in [-0.1, -0.05) is 66.7 Å². The molecule has 7 rings (SSSR count). The van der Waals surface area contributed by atoms with Crippen LogP contribution in [0.1, 0.15) is 34.6 Å². The van der Waals surface area contributed by atoms with Crippen LogP contribution in [-0.4, -0.2) is 59.3 Å². The number of esters is 2. The average Bonchev–Trinajstić information content (AvgIpc) is 3.73. The van der Waals surface area contributed by atoms with E-state index in [0.29, 0.717) is 45.5 Å². The molecule has 11 heteroatoms. The number of fused-ring (bicyclic) bond motifs is 2. The molecule has 2 aromatic carbocycles. The third-order valence-electron chi connectivity index (χ3n) is 7.33. The monoisotopic (exact) mass is 609 g/mol. The highest BCUT2D eigenvalue weighted by molar-refractivity contribution is 5.98. The summed E-state index contributed by atoms with van der Waals surface area (Å²) < 4.78 is 14.0. The van der Waals surface area contributed by atoms with E-state index in [1.807, 2.05) is 72.8 Å². The molecule has 0 aliphatic rings. The van der Waals surface area contributed by atoms with E-state index in [2.05, 4.69) is 9.97 Å². The molecule has 0 fully saturated rings. The zero-order valence-electron chi connectivity index (χ0n) is 25.0. The van der Waals surface area contributed by atoms with E-state index in [4.69, 9.17) is 24.7 Å². The molecule has 0 bridgehead atoms. The Hall–Kier alpha value is -6.23. The van der Waals surface area contributed by atoms with Gasteiger partial charge in [0.05, 0.1) is 36.0 Å². The third kappa shape index (κ3) is 5.13. The molecular formula is C35H27N7O4. The molecule has 11 nitrogen and oxygen atoms in total. The van der Waals surface area contributed by atoms with E-state index in [1.165, 1.54) is 12.4 Å². The maximum absolute atomic E-state index is 13.2. The van der Waals surface area contributed by atoms with Crippen LogP contribution in [0, 0.1) is 0 Å². The Bertz CT molecular complexity index is 2070. The summed E-state index contributed by atoms with van der Waals surface area (Å²) in [6.45, 7) is 3.84. The Labute approximate surface area is 263 Å². The third-order valence-corrected chi connectivity index (χ3v) is 7.33. The molecule has 0 radical (unpaired) electrons. The van der Waals surface area contributed by atoms with Crippen molar-refractivity contribution in [1.29, 1.82) is 0 Å². The first kappa shape index (κ1) is 28.5. The van der Waals surface area contributed by atoms with Gasteiger partial charge in [0.2, 0.25) is 0 Å². The van der Waals surface area contributed by atoms with Gasteiger partial charge in [-0.3, -0.25) is 0 Å². The van der Waals surface area contributed by atoms with Crippen molar-refractivity contribution in [1.82, 2.24) is 34.2 Å². The van der Waals surface area contributed by atoms with E-state index in [0.717, 1.165) is 11.1 Å². The van der Waals surface area contributed by atoms with Crippen molar-refractivity contribution in [2.45, 2.75) is 13.8 Å². The van der Waals surface area contributed by atoms with Crippen LogP contribution in [0.2, 0.25) is 0 Å². The number of pyridine rings is 1. The summed E-state index contributed by atoms with van der Waals surface area (Å²) in [4.78, 5) is 40.5. The Balaban J connectivity index is 1.46. The lowest BCUT2D eigenvalue weighted by Crippen LogP contribution is -2.13. The maximum Gasteiger partial charge on any atom is 0.341 e. The number of benzene rings is 2. The van der Waals surface area contributed by atoms with Gasteiger partial charge >= 0.3 is 11.9 Å². The smallest absolute Gasteiger partial charge is 0.341 e. The molecule has 5 heterocycles. The summed E-state index contributed by atoms with van der Waals surface area (Å²) >= 11 is 0. The normalized spacial score (nSPS) is 11.2. The Kier molecular flexibility index (Phi) is 7.47. The van der Waals surface area contributed by atoms with Crippen LogP contribution < -0.4 is 0 Å². The van der Waals surface area contributed by atoms with Crippen LogP contribution in [0.5, 0.6) is 0 Å². The standard InChI is InChI=1S/C35H27N7O4/c1-3-45-34(43)24-20-36-30-18-28(22-12-7-5-8-13-22)39-41(30)32(24)26-16-11-17-27(38-26)33-25(35(44)46-4-2)21-37-31-19-29(40-42(31)33)23-14-9-6-10-15-23/h5-21H,3-4H2,1-2H3. The van der Waals surface area contributed by atoms with E-state index in [-0.39, 0.29) is 24.3 Å². The molecule has 0 atom stereocenters. The molecule has 0 amide bonds. The molecule has 0 N–H and O–H groups in total. The largest absolute Gasteiger partial charge is 0.462 e. The molecule has 0 unspecified atom stereocenters. The lowest BCUT2D eigenvalue weighted by atomic mass is 10.1. The van der Waals surface area contributed by atoms with Gasteiger partial charge in [-0.25, -0.2) is 33.6 Å². The topological polar surface area (TPSA) is 126 Å². The number of carbonyl (C=O) groups excluding carboxylic acids is 2. The second-order valence-electron chi connectivity index (χ2n) is 10.2. The number of aromatic nitrogens is 7. The molecule has 226 valence electrons. The van der Waals surface area contributed by atoms with Crippen LogP contribution in [0.4, 0.5) is 0 Å². The van der Waals surface area contributed by atoms with Gasteiger partial charge in [-0.2, -0.15) is 10.2 Å². The highest BCUT2D eigenvalue weighted by Gasteiger charge is 2.25. The predicted octanol–water partition coefficient (Wildman–Crippen LogP) is 6.19. The highest BCUT2D eigenvalue weighted by atomic mass is 16.5. The number of nitrogens with zero attached hydrogens (tertiary/aromatic N) is 7. The van der Waals surface area contributed by atoms with Crippen molar-refractivity contribution in [3.05, 3.63) is 115 Å². The quantitative estimate of drug-likeness (QED) is 0.185. The summed E-state index contributed by atoms with van der Waals surface area (Å²) in [7, 11) is 0. The van der Waals surface area contributed by atoms with Crippen LogP contribution in [0.3, 0.4) is 0 Å². The summed E-state index contributed by atoms with van der Waals surface area (Å²) in [6.07, 6.45) is 2.95. The van der Waals surface area contributed by atoms with Crippen molar-refractivity contribution >= 4 is 23.2 Å². The number of rotatable bonds is 8.